The molecule has 1 aromatic carbocycles. The third-order valence-electron chi connectivity index (χ3n) is 5.52. The normalized spacial score (nSPS) is 21.7. The maximum Gasteiger partial charge on any atom is 0.165 e. The lowest BCUT2D eigenvalue weighted by Crippen LogP contribution is -2.33. The molecule has 5 nitrogen and oxygen atoms in total. The van der Waals surface area contributed by atoms with Crippen molar-refractivity contribution in [2.24, 2.45) is 0 Å². The van der Waals surface area contributed by atoms with Crippen molar-refractivity contribution >= 4 is 23.5 Å². The monoisotopic (exact) mass is 442 g/mol. The van der Waals surface area contributed by atoms with Crippen LogP contribution in [0.3, 0.4) is 0 Å². The van der Waals surface area contributed by atoms with Gasteiger partial charge in [0.1, 0.15) is 11.5 Å². The van der Waals surface area contributed by atoms with Crippen molar-refractivity contribution in [3.63, 3.8) is 0 Å². The molecule has 2 saturated heterocycles. The zero-order valence-corrected chi connectivity index (χ0v) is 19.4. The fourth-order valence-electron chi connectivity index (χ4n) is 4.01. The first-order chi connectivity index (χ1) is 14.0. The highest BCUT2D eigenvalue weighted by Gasteiger charge is 2.37. The summed E-state index contributed by atoms with van der Waals surface area (Å²) in [6, 6.07) is 6.07. The van der Waals surface area contributed by atoms with Crippen molar-refractivity contribution in [2.75, 3.05) is 38.9 Å². The SMILES string of the molecule is COc1cc(CC2(C[C@H](O)CCCC3(C)OCCO3)SCCCS2)cc(OC)c1. The molecule has 0 amide bonds. The number of hydrogen-bond donors (Lipinski definition) is 1. The topological polar surface area (TPSA) is 57.2 Å². The molecule has 1 aromatic rings. The predicted molar refractivity (Wildman–Crippen MR) is 120 cm³/mol. The number of methoxy groups -OCH3 is 2. The van der Waals surface area contributed by atoms with Crippen molar-refractivity contribution in [1.82, 2.24) is 0 Å². The Balaban J connectivity index is 1.62. The van der Waals surface area contributed by atoms with E-state index in [0.29, 0.717) is 13.2 Å². The summed E-state index contributed by atoms with van der Waals surface area (Å²) in [5, 5.41) is 10.8. The molecule has 0 spiro atoms. The second-order valence-corrected chi connectivity index (χ2v) is 11.2. The quantitative estimate of drug-likeness (QED) is 0.573. The minimum Gasteiger partial charge on any atom is -0.497 e. The van der Waals surface area contributed by atoms with E-state index in [9.17, 15) is 5.11 Å². The number of rotatable bonds is 10. The summed E-state index contributed by atoms with van der Waals surface area (Å²) in [7, 11) is 3.36. The van der Waals surface area contributed by atoms with Crippen LogP contribution in [0.5, 0.6) is 11.5 Å². The van der Waals surface area contributed by atoms with Crippen LogP contribution in [-0.4, -0.2) is 60.0 Å². The summed E-state index contributed by atoms with van der Waals surface area (Å²) >= 11 is 3.98. The molecular formula is C22H34O5S2. The molecule has 1 N–H and O–H groups in total. The lowest BCUT2D eigenvalue weighted by Gasteiger charge is -2.38. The molecule has 0 saturated carbocycles. The maximum absolute atomic E-state index is 10.8. The van der Waals surface area contributed by atoms with Gasteiger partial charge in [-0.2, -0.15) is 0 Å². The van der Waals surface area contributed by atoms with Gasteiger partial charge in [-0.05, 0) is 68.2 Å². The van der Waals surface area contributed by atoms with E-state index in [4.69, 9.17) is 18.9 Å². The second kappa shape index (κ2) is 10.6. The molecular weight excluding hydrogens is 408 g/mol. The van der Waals surface area contributed by atoms with Gasteiger partial charge >= 0.3 is 0 Å². The van der Waals surface area contributed by atoms with Gasteiger partial charge in [0.15, 0.2) is 5.79 Å². The summed E-state index contributed by atoms with van der Waals surface area (Å²) in [4.78, 5) is 0. The fraction of sp³-hybridized carbons (Fsp3) is 0.727. The average molecular weight is 443 g/mol. The maximum atomic E-state index is 10.8. The number of thioether (sulfide) groups is 2. The molecule has 0 bridgehead atoms. The molecule has 2 fully saturated rings. The molecule has 2 aliphatic heterocycles. The van der Waals surface area contributed by atoms with Crippen LogP contribution in [0.4, 0.5) is 0 Å². The highest BCUT2D eigenvalue weighted by molar-refractivity contribution is 8.18. The standard InChI is InChI=1S/C22H34O5S2/c1-21(26-8-9-27-21)7-4-6-18(23)16-22(28-10-5-11-29-22)15-17-12-19(24-2)14-20(13-17)25-3/h12-14,18,23H,4-11,15-16H2,1-3H3/t18-/m1/s1. The van der Waals surface area contributed by atoms with Crippen LogP contribution < -0.4 is 9.47 Å². The Hall–Kier alpha value is -0.600. The third kappa shape index (κ3) is 6.69. The Morgan fingerprint density at radius 1 is 1.07 bits per heavy atom. The zero-order valence-electron chi connectivity index (χ0n) is 17.8. The lowest BCUT2D eigenvalue weighted by atomic mass is 10.00. The van der Waals surface area contributed by atoms with Gasteiger partial charge in [0.2, 0.25) is 0 Å². The van der Waals surface area contributed by atoms with Crippen molar-refractivity contribution < 1.29 is 24.1 Å². The molecule has 0 radical (unpaired) electrons. The Labute approximate surface area is 183 Å². The van der Waals surface area contributed by atoms with E-state index in [0.717, 1.165) is 55.1 Å². The molecule has 3 rings (SSSR count). The van der Waals surface area contributed by atoms with Crippen LogP contribution in [0, 0.1) is 0 Å². The summed E-state index contributed by atoms with van der Waals surface area (Å²) in [5.74, 6) is 3.43. The molecule has 29 heavy (non-hydrogen) atoms. The van der Waals surface area contributed by atoms with E-state index < -0.39 is 5.79 Å². The minimum atomic E-state index is -0.469. The van der Waals surface area contributed by atoms with Crippen molar-refractivity contribution in [3.8, 4) is 11.5 Å². The number of hydrogen-bond acceptors (Lipinski definition) is 7. The number of benzene rings is 1. The molecule has 164 valence electrons. The average Bonchev–Trinajstić information content (AvgIpc) is 3.14. The van der Waals surface area contributed by atoms with Gasteiger partial charge in [0.25, 0.3) is 0 Å². The Kier molecular flexibility index (Phi) is 8.45. The summed E-state index contributed by atoms with van der Waals surface area (Å²) < 4.78 is 22.2. The van der Waals surface area contributed by atoms with Gasteiger partial charge in [-0.25, -0.2) is 0 Å². The van der Waals surface area contributed by atoms with E-state index in [1.165, 1.54) is 12.0 Å². The van der Waals surface area contributed by atoms with Crippen molar-refractivity contribution in [3.05, 3.63) is 23.8 Å². The molecule has 0 aromatic heterocycles. The van der Waals surface area contributed by atoms with E-state index in [1.54, 1.807) is 14.2 Å². The fourth-order valence-corrected chi connectivity index (χ4v) is 7.50. The first-order valence-electron chi connectivity index (χ1n) is 10.4. The Morgan fingerprint density at radius 3 is 2.28 bits per heavy atom. The van der Waals surface area contributed by atoms with Crippen LogP contribution >= 0.6 is 23.5 Å². The van der Waals surface area contributed by atoms with Crippen molar-refractivity contribution in [1.29, 1.82) is 0 Å². The summed E-state index contributed by atoms with van der Waals surface area (Å²) in [6.45, 7) is 3.33. The third-order valence-corrected chi connectivity index (χ3v) is 8.88. The lowest BCUT2D eigenvalue weighted by molar-refractivity contribution is -0.148. The summed E-state index contributed by atoms with van der Waals surface area (Å²) in [5.41, 5.74) is 1.19. The highest BCUT2D eigenvalue weighted by atomic mass is 32.2. The number of aliphatic hydroxyl groups is 1. The molecule has 1 atom stereocenters. The van der Waals surface area contributed by atoms with Gasteiger partial charge in [-0.15, -0.1) is 23.5 Å². The summed E-state index contributed by atoms with van der Waals surface area (Å²) in [6.07, 6.45) is 5.05. The van der Waals surface area contributed by atoms with E-state index in [2.05, 4.69) is 12.1 Å². The molecule has 2 aliphatic rings. The zero-order chi connectivity index (χ0) is 20.7. The van der Waals surface area contributed by atoms with Crippen LogP contribution in [0.1, 0.15) is 44.6 Å². The van der Waals surface area contributed by atoms with Crippen LogP contribution in [0.15, 0.2) is 18.2 Å². The van der Waals surface area contributed by atoms with Gasteiger partial charge < -0.3 is 24.1 Å². The minimum absolute atomic E-state index is 0.0146. The van der Waals surface area contributed by atoms with Gasteiger partial charge in [0, 0.05) is 12.5 Å². The first kappa shape index (κ1) is 23.1. The highest BCUT2D eigenvalue weighted by Crippen LogP contribution is 2.48. The number of ether oxygens (including phenoxy) is 4. The van der Waals surface area contributed by atoms with E-state index in [-0.39, 0.29) is 10.2 Å². The number of aliphatic hydroxyl groups excluding tert-OH is 1. The van der Waals surface area contributed by atoms with Crippen LogP contribution in [0.25, 0.3) is 0 Å². The molecule has 7 heteroatoms. The first-order valence-corrected chi connectivity index (χ1v) is 12.4. The largest absolute Gasteiger partial charge is 0.497 e. The van der Waals surface area contributed by atoms with Crippen LogP contribution in [0.2, 0.25) is 0 Å². The van der Waals surface area contributed by atoms with E-state index >= 15 is 0 Å². The smallest absolute Gasteiger partial charge is 0.165 e. The molecule has 0 unspecified atom stereocenters. The predicted octanol–water partition coefficient (Wildman–Crippen LogP) is 4.50. The van der Waals surface area contributed by atoms with Crippen LogP contribution in [-0.2, 0) is 15.9 Å². The van der Waals surface area contributed by atoms with E-state index in [1.807, 2.05) is 36.5 Å². The molecule has 2 heterocycles. The Bertz CT molecular complexity index is 620. The Morgan fingerprint density at radius 2 is 1.69 bits per heavy atom. The second-order valence-electron chi connectivity index (χ2n) is 7.94. The van der Waals surface area contributed by atoms with Gasteiger partial charge in [0.05, 0.1) is 37.6 Å². The molecule has 0 aliphatic carbocycles. The van der Waals surface area contributed by atoms with Gasteiger partial charge in [-0.3, -0.25) is 0 Å². The van der Waals surface area contributed by atoms with Crippen molar-refractivity contribution in [2.45, 2.75) is 61.4 Å². The van der Waals surface area contributed by atoms with Gasteiger partial charge in [-0.1, -0.05) is 0 Å².